The fourth-order valence-corrected chi connectivity index (χ4v) is 4.65. The van der Waals surface area contributed by atoms with Gasteiger partial charge in [0.2, 0.25) is 11.6 Å². The number of rotatable bonds is 10. The summed E-state index contributed by atoms with van der Waals surface area (Å²) in [5, 5.41) is 0. The molecule has 1 heterocycles. The monoisotopic (exact) mass is 422 g/mol. The van der Waals surface area contributed by atoms with Crippen LogP contribution in [-0.4, -0.2) is 25.9 Å². The van der Waals surface area contributed by atoms with Crippen molar-refractivity contribution in [3.05, 3.63) is 35.4 Å². The zero-order valence-electron chi connectivity index (χ0n) is 18.4. The number of ether oxygens (including phenoxy) is 3. The van der Waals surface area contributed by atoms with Crippen LogP contribution >= 0.6 is 0 Å². The van der Waals surface area contributed by atoms with Crippen LogP contribution in [0.2, 0.25) is 0 Å². The van der Waals surface area contributed by atoms with Crippen molar-refractivity contribution in [2.75, 3.05) is 19.8 Å². The van der Waals surface area contributed by atoms with Gasteiger partial charge in [0.05, 0.1) is 19.3 Å². The van der Waals surface area contributed by atoms with Crippen molar-refractivity contribution >= 4 is 0 Å². The van der Waals surface area contributed by atoms with Gasteiger partial charge in [0.25, 0.3) is 0 Å². The molecule has 0 amide bonds. The largest absolute Gasteiger partial charge is 0.491 e. The van der Waals surface area contributed by atoms with Crippen LogP contribution in [0, 0.1) is 23.5 Å². The van der Waals surface area contributed by atoms with E-state index < -0.39 is 11.6 Å². The Morgan fingerprint density at radius 1 is 0.967 bits per heavy atom. The Hall–Kier alpha value is -1.62. The molecule has 5 heteroatoms. The molecule has 0 saturated heterocycles. The zero-order chi connectivity index (χ0) is 21.3. The summed E-state index contributed by atoms with van der Waals surface area (Å²) in [5.41, 5.74) is 0.980. The lowest BCUT2D eigenvalue weighted by Crippen LogP contribution is -2.31. The van der Waals surface area contributed by atoms with E-state index in [1.807, 2.05) is 0 Å². The van der Waals surface area contributed by atoms with E-state index >= 15 is 0 Å². The zero-order valence-corrected chi connectivity index (χ0v) is 18.4. The summed E-state index contributed by atoms with van der Waals surface area (Å²) in [6.07, 6.45) is 13.9. The molecule has 3 nitrogen and oxygen atoms in total. The number of hydrogen-bond acceptors (Lipinski definition) is 3. The average molecular weight is 423 g/mol. The van der Waals surface area contributed by atoms with Crippen molar-refractivity contribution in [2.45, 2.75) is 77.7 Å². The summed E-state index contributed by atoms with van der Waals surface area (Å²) in [5.74, 6) is -0.657. The first-order valence-corrected chi connectivity index (χ1v) is 11.6. The second kappa shape index (κ2) is 11.7. The number of halogens is 2. The van der Waals surface area contributed by atoms with Crippen molar-refractivity contribution in [3.63, 3.8) is 0 Å². The van der Waals surface area contributed by atoms with Gasteiger partial charge in [-0.1, -0.05) is 51.5 Å². The normalized spacial score (nSPS) is 24.4. The van der Waals surface area contributed by atoms with Crippen LogP contribution in [0.15, 0.2) is 23.8 Å². The number of hydrogen-bond donors (Lipinski definition) is 0. The van der Waals surface area contributed by atoms with Crippen molar-refractivity contribution < 1.29 is 23.0 Å². The van der Waals surface area contributed by atoms with Crippen molar-refractivity contribution in [3.8, 4) is 11.5 Å². The highest BCUT2D eigenvalue weighted by Crippen LogP contribution is 2.37. The lowest BCUT2D eigenvalue weighted by Gasteiger charge is -2.35. The van der Waals surface area contributed by atoms with Crippen LogP contribution in [0.3, 0.4) is 0 Å². The van der Waals surface area contributed by atoms with Crippen molar-refractivity contribution in [1.29, 1.82) is 0 Å². The minimum atomic E-state index is -1.01. The standard InChI is InChI=1S/C25H36F2O3/c1-3-5-6-7-18-8-11-20(12-9-18)21-13-10-19(16-29-21)17-30-23-15-14-22(28-4-2)24(26)25(23)27/h10,14-15,18,20-21H,3-9,11-13,16-17H2,1-2H3. The predicted molar refractivity (Wildman–Crippen MR) is 115 cm³/mol. The maximum atomic E-state index is 14.1. The van der Waals surface area contributed by atoms with Crippen LogP contribution < -0.4 is 9.47 Å². The van der Waals surface area contributed by atoms with Gasteiger partial charge in [0, 0.05) is 0 Å². The molecule has 0 bridgehead atoms. The first kappa shape index (κ1) is 23.1. The molecule has 1 aromatic carbocycles. The highest BCUT2D eigenvalue weighted by molar-refractivity contribution is 5.35. The maximum absolute atomic E-state index is 14.1. The van der Waals surface area contributed by atoms with Crippen molar-refractivity contribution in [2.24, 2.45) is 11.8 Å². The fraction of sp³-hybridized carbons (Fsp3) is 0.680. The molecule has 30 heavy (non-hydrogen) atoms. The van der Waals surface area contributed by atoms with Gasteiger partial charge in [-0.25, -0.2) is 0 Å². The molecule has 0 spiro atoms. The highest BCUT2D eigenvalue weighted by atomic mass is 19.2. The van der Waals surface area contributed by atoms with Gasteiger partial charge in [-0.05, 0) is 55.7 Å². The summed E-state index contributed by atoms with van der Waals surface area (Å²) in [6.45, 7) is 4.98. The molecule has 0 radical (unpaired) electrons. The van der Waals surface area contributed by atoms with Gasteiger partial charge in [0.15, 0.2) is 11.5 Å². The Morgan fingerprint density at radius 2 is 1.67 bits per heavy atom. The Morgan fingerprint density at radius 3 is 2.27 bits per heavy atom. The lowest BCUT2D eigenvalue weighted by atomic mass is 9.76. The molecule has 168 valence electrons. The second-order valence-corrected chi connectivity index (χ2v) is 8.64. The lowest BCUT2D eigenvalue weighted by molar-refractivity contribution is -0.00186. The van der Waals surface area contributed by atoms with E-state index in [1.165, 1.54) is 63.5 Å². The molecule has 1 atom stereocenters. The molecule has 3 rings (SSSR count). The smallest absolute Gasteiger partial charge is 0.204 e. The van der Waals surface area contributed by atoms with E-state index in [2.05, 4.69) is 13.0 Å². The molecule has 0 N–H and O–H groups in total. The molecule has 2 aliphatic rings. The van der Waals surface area contributed by atoms with Gasteiger partial charge >= 0.3 is 0 Å². The van der Waals surface area contributed by atoms with Gasteiger partial charge in [-0.3, -0.25) is 0 Å². The Labute approximate surface area is 179 Å². The molecule has 1 aromatic rings. The molecule has 1 fully saturated rings. The third-order valence-electron chi connectivity index (χ3n) is 6.48. The van der Waals surface area contributed by atoms with E-state index in [9.17, 15) is 8.78 Å². The Bertz CT molecular complexity index is 696. The summed E-state index contributed by atoms with van der Waals surface area (Å²) in [4.78, 5) is 0. The van der Waals surface area contributed by atoms with Gasteiger partial charge < -0.3 is 14.2 Å². The number of unbranched alkanes of at least 4 members (excludes halogenated alkanes) is 2. The van der Waals surface area contributed by atoms with Gasteiger partial charge in [0.1, 0.15) is 6.61 Å². The van der Waals surface area contributed by atoms with Gasteiger partial charge in [-0.2, -0.15) is 8.78 Å². The first-order chi connectivity index (χ1) is 14.6. The van der Waals surface area contributed by atoms with Crippen LogP contribution in [-0.2, 0) is 4.74 Å². The minimum absolute atomic E-state index is 0.0921. The third-order valence-corrected chi connectivity index (χ3v) is 6.48. The fourth-order valence-electron chi connectivity index (χ4n) is 4.65. The molecule has 1 aliphatic carbocycles. The average Bonchev–Trinajstić information content (AvgIpc) is 2.78. The van der Waals surface area contributed by atoms with Crippen LogP contribution in [0.1, 0.15) is 71.6 Å². The maximum Gasteiger partial charge on any atom is 0.204 e. The summed E-state index contributed by atoms with van der Waals surface area (Å²) in [6, 6.07) is 2.81. The van der Waals surface area contributed by atoms with Gasteiger partial charge in [-0.15, -0.1) is 0 Å². The summed E-state index contributed by atoms with van der Waals surface area (Å²) < 4.78 is 44.8. The predicted octanol–water partition coefficient (Wildman–Crippen LogP) is 6.84. The van der Waals surface area contributed by atoms with Crippen LogP contribution in [0.4, 0.5) is 8.78 Å². The Kier molecular flexibility index (Phi) is 8.98. The van der Waals surface area contributed by atoms with E-state index in [0.717, 1.165) is 17.9 Å². The molecule has 1 saturated carbocycles. The van der Waals surface area contributed by atoms with E-state index in [-0.39, 0.29) is 30.8 Å². The molecule has 1 unspecified atom stereocenters. The number of benzene rings is 1. The third kappa shape index (κ3) is 6.19. The molecular formula is C25H36F2O3. The molecule has 1 aliphatic heterocycles. The van der Waals surface area contributed by atoms with E-state index in [4.69, 9.17) is 14.2 Å². The molecular weight excluding hydrogens is 386 g/mol. The second-order valence-electron chi connectivity index (χ2n) is 8.64. The highest BCUT2D eigenvalue weighted by Gasteiger charge is 2.29. The first-order valence-electron chi connectivity index (χ1n) is 11.6. The quantitative estimate of drug-likeness (QED) is 0.305. The minimum Gasteiger partial charge on any atom is -0.491 e. The summed E-state index contributed by atoms with van der Waals surface area (Å²) >= 11 is 0. The van der Waals surface area contributed by atoms with Crippen LogP contribution in [0.5, 0.6) is 11.5 Å². The Balaban J connectivity index is 1.43. The summed E-state index contributed by atoms with van der Waals surface area (Å²) in [7, 11) is 0. The van der Waals surface area contributed by atoms with Crippen LogP contribution in [0.25, 0.3) is 0 Å². The topological polar surface area (TPSA) is 27.7 Å². The molecule has 0 aromatic heterocycles. The van der Waals surface area contributed by atoms with E-state index in [1.54, 1.807) is 6.92 Å². The SMILES string of the molecule is CCCCCC1CCC(C2CC=C(COc3ccc(OCC)c(F)c3F)CO2)CC1. The van der Waals surface area contributed by atoms with E-state index in [0.29, 0.717) is 12.5 Å². The van der Waals surface area contributed by atoms with Crippen molar-refractivity contribution in [1.82, 2.24) is 0 Å².